The number of benzene rings is 1. The third kappa shape index (κ3) is 3.75. The molecule has 0 atom stereocenters. The van der Waals surface area contributed by atoms with Gasteiger partial charge in [-0.3, -0.25) is 0 Å². The second-order valence-electron chi connectivity index (χ2n) is 6.00. The first-order valence-corrected chi connectivity index (χ1v) is 8.70. The molecule has 1 aliphatic carbocycles. The SMILES string of the molecule is CNCc1ccc(OC)c(S(=O)(=O)NCC2(C)CCC2)c1. The van der Waals surface area contributed by atoms with E-state index in [9.17, 15) is 8.42 Å². The fraction of sp³-hybridized carbons (Fsp3) is 0.600. The molecule has 2 N–H and O–H groups in total. The van der Waals surface area contributed by atoms with Crippen molar-refractivity contribution in [2.45, 2.75) is 37.6 Å². The topological polar surface area (TPSA) is 67.4 Å². The van der Waals surface area contributed by atoms with E-state index in [-0.39, 0.29) is 10.3 Å². The second-order valence-corrected chi connectivity index (χ2v) is 7.74. The summed E-state index contributed by atoms with van der Waals surface area (Å²) in [6.07, 6.45) is 3.33. The lowest BCUT2D eigenvalue weighted by atomic mass is 9.71. The highest BCUT2D eigenvalue weighted by Gasteiger charge is 2.33. The molecule has 0 aromatic heterocycles. The van der Waals surface area contributed by atoms with E-state index in [1.807, 2.05) is 13.1 Å². The maximum atomic E-state index is 12.5. The van der Waals surface area contributed by atoms with Crippen LogP contribution in [0.1, 0.15) is 31.7 Å². The highest BCUT2D eigenvalue weighted by Crippen LogP contribution is 2.39. The van der Waals surface area contributed by atoms with Crippen molar-refractivity contribution in [1.82, 2.24) is 10.0 Å². The van der Waals surface area contributed by atoms with Gasteiger partial charge in [0.25, 0.3) is 0 Å². The van der Waals surface area contributed by atoms with Crippen LogP contribution in [0.2, 0.25) is 0 Å². The van der Waals surface area contributed by atoms with Gasteiger partial charge in [-0.1, -0.05) is 19.4 Å². The van der Waals surface area contributed by atoms with Crippen LogP contribution in [-0.2, 0) is 16.6 Å². The smallest absolute Gasteiger partial charge is 0.244 e. The number of rotatable bonds is 7. The molecule has 0 radical (unpaired) electrons. The predicted molar refractivity (Wildman–Crippen MR) is 82.9 cm³/mol. The zero-order valence-corrected chi connectivity index (χ0v) is 13.7. The van der Waals surface area contributed by atoms with Gasteiger partial charge in [0.1, 0.15) is 10.6 Å². The van der Waals surface area contributed by atoms with Crippen LogP contribution in [-0.4, -0.2) is 29.1 Å². The van der Waals surface area contributed by atoms with Gasteiger partial charge in [-0.2, -0.15) is 0 Å². The molecule has 1 aromatic rings. The molecule has 0 bridgehead atoms. The molecular formula is C15H24N2O3S. The lowest BCUT2D eigenvalue weighted by molar-refractivity contribution is 0.166. The Labute approximate surface area is 127 Å². The first-order chi connectivity index (χ1) is 9.90. The van der Waals surface area contributed by atoms with Gasteiger partial charge in [0.15, 0.2) is 0 Å². The summed E-state index contributed by atoms with van der Waals surface area (Å²) in [6.45, 7) is 3.21. The molecule has 0 saturated heterocycles. The van der Waals surface area contributed by atoms with Crippen LogP contribution in [0.3, 0.4) is 0 Å². The summed E-state index contributed by atoms with van der Waals surface area (Å²) < 4.78 is 33.0. The Morgan fingerprint density at radius 2 is 2.05 bits per heavy atom. The van der Waals surface area contributed by atoms with Crippen molar-refractivity contribution in [2.24, 2.45) is 5.41 Å². The van der Waals surface area contributed by atoms with Gasteiger partial charge in [0.05, 0.1) is 7.11 Å². The van der Waals surface area contributed by atoms with Crippen LogP contribution < -0.4 is 14.8 Å². The van der Waals surface area contributed by atoms with Crippen LogP contribution in [0.4, 0.5) is 0 Å². The number of hydrogen-bond acceptors (Lipinski definition) is 4. The van der Waals surface area contributed by atoms with E-state index in [2.05, 4.69) is 17.0 Å². The minimum Gasteiger partial charge on any atom is -0.495 e. The van der Waals surface area contributed by atoms with Crippen molar-refractivity contribution >= 4 is 10.0 Å². The molecule has 2 rings (SSSR count). The minimum atomic E-state index is -3.56. The third-order valence-electron chi connectivity index (χ3n) is 4.15. The Bertz CT molecular complexity index is 595. The largest absolute Gasteiger partial charge is 0.495 e. The summed E-state index contributed by atoms with van der Waals surface area (Å²) in [5.74, 6) is 0.376. The van der Waals surface area contributed by atoms with E-state index in [0.29, 0.717) is 18.8 Å². The quantitative estimate of drug-likeness (QED) is 0.807. The van der Waals surface area contributed by atoms with E-state index in [0.717, 1.165) is 18.4 Å². The van der Waals surface area contributed by atoms with Crippen LogP contribution in [0.15, 0.2) is 23.1 Å². The summed E-state index contributed by atoms with van der Waals surface area (Å²) in [4.78, 5) is 0.209. The standard InChI is InChI=1S/C15H24N2O3S/c1-15(7-4-8-15)11-17-21(18,19)14-9-12(10-16-2)5-6-13(14)20-3/h5-6,9,16-17H,4,7-8,10-11H2,1-3H3. The lowest BCUT2D eigenvalue weighted by Crippen LogP contribution is -2.40. The average Bonchev–Trinajstić information content (AvgIpc) is 2.43. The molecule has 5 nitrogen and oxygen atoms in total. The van der Waals surface area contributed by atoms with E-state index in [1.165, 1.54) is 13.5 Å². The average molecular weight is 312 g/mol. The van der Waals surface area contributed by atoms with Crippen LogP contribution in [0.25, 0.3) is 0 Å². The second kappa shape index (κ2) is 6.34. The van der Waals surface area contributed by atoms with E-state index >= 15 is 0 Å². The molecule has 0 unspecified atom stereocenters. The maximum absolute atomic E-state index is 12.5. The van der Waals surface area contributed by atoms with Gasteiger partial charge in [-0.25, -0.2) is 13.1 Å². The van der Waals surface area contributed by atoms with Crippen molar-refractivity contribution < 1.29 is 13.2 Å². The molecule has 1 saturated carbocycles. The summed E-state index contributed by atoms with van der Waals surface area (Å²) in [5.41, 5.74) is 1.01. The van der Waals surface area contributed by atoms with Crippen LogP contribution >= 0.6 is 0 Å². The Hall–Kier alpha value is -1.11. The van der Waals surface area contributed by atoms with Crippen molar-refractivity contribution in [1.29, 1.82) is 0 Å². The van der Waals surface area contributed by atoms with E-state index in [4.69, 9.17) is 4.74 Å². The number of nitrogens with one attached hydrogen (secondary N) is 2. The molecule has 1 aliphatic rings. The summed E-state index contributed by atoms with van der Waals surface area (Å²) in [5, 5.41) is 3.02. The van der Waals surface area contributed by atoms with Crippen molar-refractivity contribution in [3.05, 3.63) is 23.8 Å². The van der Waals surface area contributed by atoms with Gasteiger partial charge in [-0.05, 0) is 43.0 Å². The van der Waals surface area contributed by atoms with Crippen molar-refractivity contribution in [3.63, 3.8) is 0 Å². The van der Waals surface area contributed by atoms with Gasteiger partial charge < -0.3 is 10.1 Å². The van der Waals surface area contributed by atoms with Gasteiger partial charge in [-0.15, -0.1) is 0 Å². The van der Waals surface area contributed by atoms with Crippen molar-refractivity contribution in [3.8, 4) is 5.75 Å². The fourth-order valence-corrected chi connectivity index (χ4v) is 3.97. The van der Waals surface area contributed by atoms with E-state index in [1.54, 1.807) is 12.1 Å². The summed E-state index contributed by atoms with van der Waals surface area (Å²) >= 11 is 0. The normalized spacial score (nSPS) is 17.3. The number of sulfonamides is 1. The zero-order valence-electron chi connectivity index (χ0n) is 12.9. The molecule has 0 heterocycles. The zero-order chi connectivity index (χ0) is 15.5. The predicted octanol–water partition coefficient (Wildman–Crippen LogP) is 1.88. The molecule has 21 heavy (non-hydrogen) atoms. The van der Waals surface area contributed by atoms with Crippen LogP contribution in [0.5, 0.6) is 5.75 Å². The number of hydrogen-bond donors (Lipinski definition) is 2. The third-order valence-corrected chi connectivity index (χ3v) is 5.57. The molecule has 0 spiro atoms. The summed E-state index contributed by atoms with van der Waals surface area (Å²) in [6, 6.07) is 5.23. The Morgan fingerprint density at radius 1 is 1.33 bits per heavy atom. The van der Waals surface area contributed by atoms with Gasteiger partial charge >= 0.3 is 0 Å². The lowest BCUT2D eigenvalue weighted by Gasteiger charge is -2.38. The number of ether oxygens (including phenoxy) is 1. The molecule has 0 amide bonds. The highest BCUT2D eigenvalue weighted by molar-refractivity contribution is 7.89. The van der Waals surface area contributed by atoms with E-state index < -0.39 is 10.0 Å². The first kappa shape index (κ1) is 16.3. The Balaban J connectivity index is 2.22. The molecule has 1 fully saturated rings. The molecule has 0 aliphatic heterocycles. The number of methoxy groups -OCH3 is 1. The summed E-state index contributed by atoms with van der Waals surface area (Å²) in [7, 11) is -0.243. The molecule has 118 valence electrons. The monoisotopic (exact) mass is 312 g/mol. The van der Waals surface area contributed by atoms with Gasteiger partial charge in [0, 0.05) is 13.1 Å². The van der Waals surface area contributed by atoms with Gasteiger partial charge in [0.2, 0.25) is 10.0 Å². The first-order valence-electron chi connectivity index (χ1n) is 7.21. The highest BCUT2D eigenvalue weighted by atomic mass is 32.2. The molecule has 6 heteroatoms. The maximum Gasteiger partial charge on any atom is 0.244 e. The van der Waals surface area contributed by atoms with Crippen molar-refractivity contribution in [2.75, 3.05) is 20.7 Å². The fourth-order valence-electron chi connectivity index (χ4n) is 2.55. The van der Waals surface area contributed by atoms with Crippen LogP contribution in [0, 0.1) is 5.41 Å². The molecular weight excluding hydrogens is 288 g/mol. The Kier molecular flexibility index (Phi) is 4.91. The minimum absolute atomic E-state index is 0.100. The Morgan fingerprint density at radius 3 is 2.57 bits per heavy atom. The molecule has 1 aromatic carbocycles.